The SMILES string of the molecule is C[Si](C)(C)c1n[nH]nc1C(F)F. The Morgan fingerprint density at radius 2 is 1.83 bits per heavy atom. The van der Waals surface area contributed by atoms with Crippen LogP contribution in [0.25, 0.3) is 0 Å². The van der Waals surface area contributed by atoms with Gasteiger partial charge in [-0.05, 0) is 0 Å². The van der Waals surface area contributed by atoms with E-state index >= 15 is 0 Å². The molecule has 0 saturated heterocycles. The monoisotopic (exact) mass is 191 g/mol. The molecule has 1 heterocycles. The van der Waals surface area contributed by atoms with E-state index < -0.39 is 14.5 Å². The average Bonchev–Trinajstić information content (AvgIpc) is 2.30. The molecular formula is C6H11F2N3Si. The van der Waals surface area contributed by atoms with Crippen LogP contribution in [0.1, 0.15) is 12.1 Å². The second kappa shape index (κ2) is 2.93. The molecule has 12 heavy (non-hydrogen) atoms. The van der Waals surface area contributed by atoms with Crippen molar-refractivity contribution in [2.75, 3.05) is 0 Å². The summed E-state index contributed by atoms with van der Waals surface area (Å²) in [4.78, 5) is 0. The van der Waals surface area contributed by atoms with Crippen molar-refractivity contribution in [3.8, 4) is 0 Å². The molecule has 3 nitrogen and oxygen atoms in total. The van der Waals surface area contributed by atoms with Gasteiger partial charge in [-0.1, -0.05) is 19.6 Å². The lowest BCUT2D eigenvalue weighted by Gasteiger charge is -2.12. The molecule has 68 valence electrons. The molecule has 1 aromatic heterocycles. The Labute approximate surface area is 70.2 Å². The number of nitrogens with zero attached hydrogens (tertiary/aromatic N) is 2. The maximum Gasteiger partial charge on any atom is 0.283 e. The third kappa shape index (κ3) is 1.69. The molecule has 0 atom stereocenters. The summed E-state index contributed by atoms with van der Waals surface area (Å²) in [7, 11) is -1.77. The van der Waals surface area contributed by atoms with E-state index in [-0.39, 0.29) is 5.69 Å². The van der Waals surface area contributed by atoms with Crippen LogP contribution in [-0.4, -0.2) is 23.5 Å². The van der Waals surface area contributed by atoms with Crippen LogP contribution >= 0.6 is 0 Å². The van der Waals surface area contributed by atoms with Gasteiger partial charge in [-0.2, -0.15) is 15.4 Å². The van der Waals surface area contributed by atoms with Crippen LogP contribution in [0.3, 0.4) is 0 Å². The fourth-order valence-electron chi connectivity index (χ4n) is 0.943. The molecule has 0 radical (unpaired) electrons. The molecule has 0 aliphatic heterocycles. The van der Waals surface area contributed by atoms with Crippen LogP contribution in [0.5, 0.6) is 0 Å². The van der Waals surface area contributed by atoms with Crippen molar-refractivity contribution >= 4 is 13.4 Å². The van der Waals surface area contributed by atoms with Gasteiger partial charge >= 0.3 is 0 Å². The third-order valence-electron chi connectivity index (χ3n) is 1.49. The van der Waals surface area contributed by atoms with Crippen LogP contribution < -0.4 is 5.32 Å². The molecule has 0 amide bonds. The summed E-state index contributed by atoms with van der Waals surface area (Å²) in [6.07, 6.45) is -2.52. The second-order valence-electron chi connectivity index (χ2n) is 3.61. The van der Waals surface area contributed by atoms with Crippen molar-refractivity contribution in [1.82, 2.24) is 15.4 Å². The normalized spacial score (nSPS) is 12.5. The molecule has 0 aromatic carbocycles. The molecule has 0 fully saturated rings. The van der Waals surface area contributed by atoms with Gasteiger partial charge in [-0.3, -0.25) is 0 Å². The topological polar surface area (TPSA) is 41.6 Å². The summed E-state index contributed by atoms with van der Waals surface area (Å²) >= 11 is 0. The number of aromatic amines is 1. The molecule has 0 bridgehead atoms. The Balaban J connectivity index is 3.08. The standard InChI is InChI=1S/C6H11F2N3Si/c1-12(2,3)6-4(5(7)8)9-11-10-6/h5H,1-3H3,(H,9,10,11). The molecule has 1 rings (SSSR count). The van der Waals surface area contributed by atoms with E-state index in [0.29, 0.717) is 5.32 Å². The first-order valence-corrected chi connectivity index (χ1v) is 7.12. The molecular weight excluding hydrogens is 180 g/mol. The van der Waals surface area contributed by atoms with Crippen LogP contribution in [-0.2, 0) is 0 Å². The summed E-state index contributed by atoms with van der Waals surface area (Å²) < 4.78 is 24.6. The van der Waals surface area contributed by atoms with Crippen LogP contribution in [0, 0.1) is 0 Å². The molecule has 0 unspecified atom stereocenters. The Kier molecular flexibility index (Phi) is 2.27. The van der Waals surface area contributed by atoms with Crippen molar-refractivity contribution in [2.24, 2.45) is 0 Å². The average molecular weight is 191 g/mol. The number of hydrogen-bond donors (Lipinski definition) is 1. The number of aromatic nitrogens is 3. The Hall–Kier alpha value is -0.783. The van der Waals surface area contributed by atoms with E-state index in [1.807, 2.05) is 19.6 Å². The highest BCUT2D eigenvalue weighted by Gasteiger charge is 2.28. The minimum atomic E-state index is -2.52. The Morgan fingerprint density at radius 1 is 1.25 bits per heavy atom. The summed E-state index contributed by atoms with van der Waals surface area (Å²) in [6.45, 7) is 5.87. The minimum absolute atomic E-state index is 0.186. The van der Waals surface area contributed by atoms with Gasteiger partial charge < -0.3 is 0 Å². The molecule has 6 heteroatoms. The van der Waals surface area contributed by atoms with Crippen LogP contribution in [0.2, 0.25) is 19.6 Å². The first-order chi connectivity index (χ1) is 5.43. The van der Waals surface area contributed by atoms with Crippen molar-refractivity contribution in [3.63, 3.8) is 0 Å². The highest BCUT2D eigenvalue weighted by atomic mass is 28.3. The lowest BCUT2D eigenvalue weighted by atomic mass is 10.5. The number of rotatable bonds is 2. The van der Waals surface area contributed by atoms with Gasteiger partial charge in [0.05, 0.1) is 5.32 Å². The number of alkyl halides is 2. The van der Waals surface area contributed by atoms with Gasteiger partial charge in [-0.25, -0.2) is 8.78 Å². The van der Waals surface area contributed by atoms with Crippen LogP contribution in [0.4, 0.5) is 8.78 Å². The fourth-order valence-corrected chi connectivity index (χ4v) is 2.26. The van der Waals surface area contributed by atoms with Gasteiger partial charge in [0, 0.05) is 0 Å². The number of nitrogens with one attached hydrogen (secondary N) is 1. The summed E-state index contributed by atoms with van der Waals surface area (Å²) in [5.74, 6) is 0. The van der Waals surface area contributed by atoms with Crippen molar-refractivity contribution in [2.45, 2.75) is 26.1 Å². The first-order valence-electron chi connectivity index (χ1n) is 3.62. The van der Waals surface area contributed by atoms with Gasteiger partial charge in [0.1, 0.15) is 13.8 Å². The fraction of sp³-hybridized carbons (Fsp3) is 0.667. The van der Waals surface area contributed by atoms with E-state index in [1.165, 1.54) is 0 Å². The van der Waals surface area contributed by atoms with E-state index in [0.717, 1.165) is 0 Å². The lowest BCUT2D eigenvalue weighted by molar-refractivity contribution is 0.147. The number of H-pyrrole nitrogens is 1. The van der Waals surface area contributed by atoms with Gasteiger partial charge in [0.15, 0.2) is 0 Å². The zero-order valence-corrected chi connectivity index (χ0v) is 8.23. The van der Waals surface area contributed by atoms with Gasteiger partial charge in [-0.15, -0.1) is 0 Å². The predicted octanol–water partition coefficient (Wildman–Crippen LogP) is 1.29. The highest BCUT2D eigenvalue weighted by Crippen LogP contribution is 2.15. The molecule has 1 aromatic rings. The zero-order chi connectivity index (χ0) is 9.35. The van der Waals surface area contributed by atoms with Gasteiger partial charge in [0.2, 0.25) is 0 Å². The maximum atomic E-state index is 12.3. The third-order valence-corrected chi connectivity index (χ3v) is 3.28. The number of hydrogen-bond acceptors (Lipinski definition) is 2. The second-order valence-corrected chi connectivity index (χ2v) is 8.58. The molecule has 0 aliphatic carbocycles. The largest absolute Gasteiger partial charge is 0.283 e. The van der Waals surface area contributed by atoms with Crippen molar-refractivity contribution < 1.29 is 8.78 Å². The Morgan fingerprint density at radius 3 is 2.17 bits per heavy atom. The number of halogens is 2. The summed E-state index contributed by atoms with van der Waals surface area (Å²) in [5.41, 5.74) is -0.186. The van der Waals surface area contributed by atoms with E-state index in [9.17, 15) is 8.78 Å². The molecule has 0 saturated carbocycles. The minimum Gasteiger partial charge on any atom is -0.203 e. The molecule has 1 N–H and O–H groups in total. The first kappa shape index (κ1) is 9.31. The van der Waals surface area contributed by atoms with E-state index in [4.69, 9.17) is 0 Å². The zero-order valence-electron chi connectivity index (χ0n) is 7.23. The van der Waals surface area contributed by atoms with Gasteiger partial charge in [0.25, 0.3) is 6.43 Å². The highest BCUT2D eigenvalue weighted by molar-refractivity contribution is 6.88. The van der Waals surface area contributed by atoms with E-state index in [2.05, 4.69) is 15.4 Å². The summed E-state index contributed by atoms with van der Waals surface area (Å²) in [5, 5.41) is 9.90. The van der Waals surface area contributed by atoms with Crippen LogP contribution in [0.15, 0.2) is 0 Å². The van der Waals surface area contributed by atoms with E-state index in [1.54, 1.807) is 0 Å². The van der Waals surface area contributed by atoms with Crippen molar-refractivity contribution in [3.05, 3.63) is 5.69 Å². The Bertz CT molecular complexity index is 266. The quantitative estimate of drug-likeness (QED) is 0.716. The molecule has 0 spiro atoms. The smallest absolute Gasteiger partial charge is 0.203 e. The summed E-state index contributed by atoms with van der Waals surface area (Å²) in [6, 6.07) is 0. The van der Waals surface area contributed by atoms with Crippen molar-refractivity contribution in [1.29, 1.82) is 0 Å². The maximum absolute atomic E-state index is 12.3. The molecule has 0 aliphatic rings. The lowest BCUT2D eigenvalue weighted by Crippen LogP contribution is -2.41. The predicted molar refractivity (Wildman–Crippen MR) is 44.3 cm³/mol.